The number of carbonyl (C=O) groups is 3. The minimum Gasteiger partial charge on any atom is -0.511 e. The van der Waals surface area contributed by atoms with Crippen LogP contribution in [0.15, 0.2) is 59.1 Å². The van der Waals surface area contributed by atoms with Gasteiger partial charge in [-0.05, 0) is 41.9 Å². The number of aliphatic hydroxyl groups excluding tert-OH is 3. The molecule has 232 valence electrons. The van der Waals surface area contributed by atoms with Gasteiger partial charge in [0.2, 0.25) is 5.78 Å². The Morgan fingerprint density at radius 3 is 2.16 bits per heavy atom. The Kier molecular flexibility index (Phi) is 7.34. The predicted octanol–water partition coefficient (Wildman–Crippen LogP) is 5.61. The fourth-order valence-electron chi connectivity index (χ4n) is 8.14. The fraction of sp³-hybridized carbons (Fsp3) is 0.417. The average molecular weight is 601 g/mol. The number of aromatic hydroxyl groups is 1. The van der Waals surface area contributed by atoms with Crippen molar-refractivity contribution in [2.45, 2.75) is 72.5 Å². The Morgan fingerprint density at radius 2 is 1.61 bits per heavy atom. The molecular formula is C36H40O8. The Balaban J connectivity index is 1.74. The van der Waals surface area contributed by atoms with Gasteiger partial charge in [0.25, 0.3) is 0 Å². The standard InChI is InChI=1S/C36H40O8/c1-8-20-9-11-21(12-10-20)13-14-22-15-16-23-18(4)34(6)27(30(40)25(23)28(22)38)32(42)36(44)31(41)24(19(5)37)29(39)26(17(2)3)35(36,7)33(34)43/h9-18,26,33,38-39,42-44H,8H2,1-7H3/b14-13+/t18-,26?,33-,34+,35+,36+/m1/s1. The van der Waals surface area contributed by atoms with E-state index in [1.165, 1.54) is 12.5 Å². The number of aliphatic hydroxyl groups is 4. The van der Waals surface area contributed by atoms with Crippen LogP contribution >= 0.6 is 0 Å². The summed E-state index contributed by atoms with van der Waals surface area (Å²) in [5.41, 5.74) is -4.75. The van der Waals surface area contributed by atoms with Gasteiger partial charge in [0.1, 0.15) is 22.8 Å². The van der Waals surface area contributed by atoms with Gasteiger partial charge in [-0.3, -0.25) is 14.4 Å². The summed E-state index contributed by atoms with van der Waals surface area (Å²) in [7, 11) is 0. The summed E-state index contributed by atoms with van der Waals surface area (Å²) in [5.74, 6) is -7.14. The van der Waals surface area contributed by atoms with Crippen LogP contribution in [0.5, 0.6) is 5.75 Å². The largest absolute Gasteiger partial charge is 0.511 e. The van der Waals surface area contributed by atoms with Crippen LogP contribution in [0, 0.1) is 22.7 Å². The second kappa shape index (κ2) is 10.3. The van der Waals surface area contributed by atoms with Crippen molar-refractivity contribution in [1.29, 1.82) is 0 Å². The highest BCUT2D eigenvalue weighted by Crippen LogP contribution is 2.67. The molecule has 0 aliphatic heterocycles. The van der Waals surface area contributed by atoms with E-state index >= 15 is 0 Å². The van der Waals surface area contributed by atoms with Crippen LogP contribution in [0.25, 0.3) is 12.2 Å². The van der Waals surface area contributed by atoms with Crippen LogP contribution in [0.1, 0.15) is 87.0 Å². The molecule has 0 bridgehead atoms. The molecule has 0 amide bonds. The van der Waals surface area contributed by atoms with E-state index in [-0.39, 0.29) is 11.3 Å². The van der Waals surface area contributed by atoms with Gasteiger partial charge >= 0.3 is 0 Å². The second-order valence-electron chi connectivity index (χ2n) is 13.2. The van der Waals surface area contributed by atoms with Crippen LogP contribution in [0.3, 0.4) is 0 Å². The molecule has 44 heavy (non-hydrogen) atoms. The Bertz CT molecular complexity index is 1690. The quantitative estimate of drug-likeness (QED) is 0.219. The maximum absolute atomic E-state index is 14.3. The van der Waals surface area contributed by atoms with Crippen LogP contribution in [0.2, 0.25) is 0 Å². The molecule has 2 aromatic rings. The molecule has 2 aromatic carbocycles. The van der Waals surface area contributed by atoms with E-state index in [4.69, 9.17) is 0 Å². The number of hydrogen-bond donors (Lipinski definition) is 5. The van der Waals surface area contributed by atoms with E-state index in [0.717, 1.165) is 18.9 Å². The lowest BCUT2D eigenvalue weighted by Crippen LogP contribution is -2.73. The van der Waals surface area contributed by atoms with E-state index in [1.54, 1.807) is 52.0 Å². The number of ketones is 3. The molecule has 0 fully saturated rings. The second-order valence-corrected chi connectivity index (χ2v) is 13.2. The topological polar surface area (TPSA) is 152 Å². The molecule has 0 saturated carbocycles. The number of aryl methyl sites for hydroxylation is 1. The molecule has 0 aromatic heterocycles. The van der Waals surface area contributed by atoms with Crippen molar-refractivity contribution in [3.05, 3.63) is 86.9 Å². The highest BCUT2D eigenvalue weighted by atomic mass is 16.4. The molecule has 3 aliphatic carbocycles. The van der Waals surface area contributed by atoms with Crippen LogP contribution in [-0.2, 0) is 16.0 Å². The molecule has 0 radical (unpaired) electrons. The first-order valence-electron chi connectivity index (χ1n) is 15.0. The zero-order valence-electron chi connectivity index (χ0n) is 26.1. The van der Waals surface area contributed by atoms with Gasteiger partial charge in [-0.2, -0.15) is 0 Å². The zero-order chi connectivity index (χ0) is 32.7. The molecule has 5 rings (SSSR count). The summed E-state index contributed by atoms with van der Waals surface area (Å²) < 4.78 is 0. The van der Waals surface area contributed by atoms with Crippen LogP contribution in [-0.4, -0.2) is 54.6 Å². The molecule has 0 saturated heterocycles. The van der Waals surface area contributed by atoms with E-state index in [0.29, 0.717) is 11.1 Å². The lowest BCUT2D eigenvalue weighted by molar-refractivity contribution is -0.211. The first kappa shape index (κ1) is 31.4. The normalized spacial score (nSPS) is 31.8. The third kappa shape index (κ3) is 3.80. The number of allylic oxidation sites excluding steroid dienone is 1. The number of fused-ring (bicyclic) bond motifs is 3. The first-order chi connectivity index (χ1) is 20.5. The number of Topliss-reactive ketones (excluding diaryl/α,β-unsaturated/α-hetero) is 3. The Hall–Kier alpha value is -4.01. The maximum atomic E-state index is 14.3. The van der Waals surface area contributed by atoms with Crippen molar-refractivity contribution >= 4 is 29.5 Å². The number of carbonyl (C=O) groups excluding carboxylic acids is 3. The number of phenols is 1. The molecule has 3 aliphatic rings. The van der Waals surface area contributed by atoms with Crippen molar-refractivity contribution in [3.63, 3.8) is 0 Å². The smallest absolute Gasteiger partial charge is 0.209 e. The average Bonchev–Trinajstić information content (AvgIpc) is 2.96. The molecule has 0 spiro atoms. The van der Waals surface area contributed by atoms with Gasteiger partial charge in [0.15, 0.2) is 17.2 Å². The van der Waals surface area contributed by atoms with Crippen molar-refractivity contribution in [3.8, 4) is 5.75 Å². The number of hydrogen-bond acceptors (Lipinski definition) is 8. The molecule has 8 heteroatoms. The molecule has 1 unspecified atom stereocenters. The lowest BCUT2D eigenvalue weighted by atomic mass is 9.41. The summed E-state index contributed by atoms with van der Waals surface area (Å²) in [5, 5.41) is 59.1. The van der Waals surface area contributed by atoms with Gasteiger partial charge in [-0.1, -0.05) is 90.1 Å². The fourth-order valence-corrected chi connectivity index (χ4v) is 8.14. The molecule has 8 nitrogen and oxygen atoms in total. The van der Waals surface area contributed by atoms with E-state index in [1.807, 2.05) is 24.3 Å². The Labute approximate surface area is 257 Å². The number of benzene rings is 2. The SMILES string of the molecule is CCc1ccc(/C=C/c2ccc3c(c2O)C(=O)C2=C(O)[C@@]4(O)C(=O)C(C(C)=O)=C(O)C(C(C)C)[C@@]4(C)[C@H](O)[C@@]2(C)[C@@H]3C)cc1. The third-order valence-electron chi connectivity index (χ3n) is 10.7. The first-order valence-corrected chi connectivity index (χ1v) is 15.0. The predicted molar refractivity (Wildman–Crippen MR) is 166 cm³/mol. The third-order valence-corrected chi connectivity index (χ3v) is 10.7. The minimum absolute atomic E-state index is 0.103. The van der Waals surface area contributed by atoms with Crippen molar-refractivity contribution in [2.75, 3.05) is 0 Å². The van der Waals surface area contributed by atoms with E-state index in [2.05, 4.69) is 6.92 Å². The molecule has 6 atom stereocenters. The van der Waals surface area contributed by atoms with Crippen molar-refractivity contribution in [1.82, 2.24) is 0 Å². The van der Waals surface area contributed by atoms with Gasteiger partial charge in [0, 0.05) is 22.3 Å². The summed E-state index contributed by atoms with van der Waals surface area (Å²) in [6.45, 7) is 11.3. The highest BCUT2D eigenvalue weighted by Gasteiger charge is 2.76. The van der Waals surface area contributed by atoms with Gasteiger partial charge in [-0.25, -0.2) is 0 Å². The summed E-state index contributed by atoms with van der Waals surface area (Å²) >= 11 is 0. The van der Waals surface area contributed by atoms with Crippen molar-refractivity contribution in [2.24, 2.45) is 22.7 Å². The molecule has 0 heterocycles. The van der Waals surface area contributed by atoms with E-state index in [9.17, 15) is 39.9 Å². The monoisotopic (exact) mass is 600 g/mol. The van der Waals surface area contributed by atoms with Crippen LogP contribution in [0.4, 0.5) is 0 Å². The maximum Gasteiger partial charge on any atom is 0.209 e. The van der Waals surface area contributed by atoms with Gasteiger partial charge < -0.3 is 25.5 Å². The number of phenolic OH excluding ortho intramolecular Hbond substituents is 1. The summed E-state index contributed by atoms with van der Waals surface area (Å²) in [6, 6.07) is 11.3. The zero-order valence-corrected chi connectivity index (χ0v) is 26.1. The van der Waals surface area contributed by atoms with Crippen molar-refractivity contribution < 1.29 is 39.9 Å². The molecular weight excluding hydrogens is 560 g/mol. The Morgan fingerprint density at radius 1 is 1.00 bits per heavy atom. The summed E-state index contributed by atoms with van der Waals surface area (Å²) in [4.78, 5) is 40.8. The minimum atomic E-state index is -2.91. The number of rotatable bonds is 5. The van der Waals surface area contributed by atoms with Crippen LogP contribution < -0.4 is 0 Å². The molecule has 5 N–H and O–H groups in total. The summed E-state index contributed by atoms with van der Waals surface area (Å²) in [6.07, 6.45) is 2.71. The van der Waals surface area contributed by atoms with Gasteiger partial charge in [0.05, 0.1) is 17.2 Å². The lowest BCUT2D eigenvalue weighted by Gasteiger charge is -2.63. The van der Waals surface area contributed by atoms with Gasteiger partial charge in [-0.15, -0.1) is 0 Å². The van der Waals surface area contributed by atoms with E-state index < -0.39 is 80.3 Å². The highest BCUT2D eigenvalue weighted by molar-refractivity contribution is 6.25.